The monoisotopic (exact) mass is 552 g/mol. The van der Waals surface area contributed by atoms with Crippen LogP contribution < -0.4 is 16.4 Å². The summed E-state index contributed by atoms with van der Waals surface area (Å²) in [7, 11) is 2.10. The number of likely N-dealkylation sites (tertiary alicyclic amines) is 1. The van der Waals surface area contributed by atoms with Gasteiger partial charge in [0.1, 0.15) is 5.82 Å². The van der Waals surface area contributed by atoms with Crippen LogP contribution in [0.3, 0.4) is 0 Å². The second-order valence-corrected chi connectivity index (χ2v) is 11.1. The van der Waals surface area contributed by atoms with Crippen molar-refractivity contribution in [2.45, 2.75) is 51.0 Å². The van der Waals surface area contributed by atoms with Crippen LogP contribution >= 0.6 is 0 Å². The normalized spacial score (nSPS) is 15.0. The van der Waals surface area contributed by atoms with Crippen LogP contribution in [-0.4, -0.2) is 46.8 Å². The Morgan fingerprint density at radius 1 is 1.00 bits per heavy atom. The number of hydrogen-bond donors (Lipinski definition) is 4. The van der Waals surface area contributed by atoms with Crippen LogP contribution in [0.1, 0.15) is 56.8 Å². The number of H-pyrrole nitrogens is 1. The second-order valence-electron chi connectivity index (χ2n) is 11.1. The Kier molecular flexibility index (Phi) is 9.31. The van der Waals surface area contributed by atoms with Gasteiger partial charge in [0, 0.05) is 17.9 Å². The van der Waals surface area contributed by atoms with Crippen LogP contribution in [0.5, 0.6) is 0 Å². The van der Waals surface area contributed by atoms with Crippen molar-refractivity contribution < 1.29 is 9.59 Å². The van der Waals surface area contributed by atoms with E-state index in [-0.39, 0.29) is 23.8 Å². The molecule has 214 valence electrons. The molecule has 0 saturated carbocycles. The summed E-state index contributed by atoms with van der Waals surface area (Å²) in [6.07, 6.45) is 7.27. The Morgan fingerprint density at radius 3 is 2.56 bits per heavy atom. The first-order valence-corrected chi connectivity index (χ1v) is 14.6. The van der Waals surface area contributed by atoms with Gasteiger partial charge in [-0.2, -0.15) is 0 Å². The topological polar surface area (TPSA) is 116 Å². The molecule has 0 bridgehead atoms. The SMILES string of the molecule is CN1CCC(C(=O)N[C@@H](CCCCCC(=O)Nc2ccccc2N)c2ncc(-c3ccc4ccccc4c3)[nH]2)CC1. The van der Waals surface area contributed by atoms with Gasteiger partial charge in [0.2, 0.25) is 11.8 Å². The number of carbonyl (C=O) groups excluding carboxylic acids is 2. The Hall–Kier alpha value is -4.17. The van der Waals surface area contributed by atoms with E-state index in [1.54, 1.807) is 12.1 Å². The number of rotatable bonds is 11. The third kappa shape index (κ3) is 7.52. The number of carbonyl (C=O) groups is 2. The number of aromatic nitrogens is 2. The van der Waals surface area contributed by atoms with E-state index in [2.05, 4.69) is 57.9 Å². The first-order chi connectivity index (χ1) is 20.0. The van der Waals surface area contributed by atoms with Crippen molar-refractivity contribution in [3.63, 3.8) is 0 Å². The number of nitrogens with zero attached hydrogens (tertiary/aromatic N) is 2. The van der Waals surface area contributed by atoms with E-state index >= 15 is 0 Å². The molecule has 1 aliphatic heterocycles. The molecule has 1 fully saturated rings. The molecule has 0 aliphatic carbocycles. The molecule has 5 rings (SSSR count). The number of nitrogens with one attached hydrogen (secondary N) is 3. The Bertz CT molecular complexity index is 1470. The molecule has 3 aromatic carbocycles. The lowest BCUT2D eigenvalue weighted by Gasteiger charge is -2.29. The highest BCUT2D eigenvalue weighted by Gasteiger charge is 2.26. The van der Waals surface area contributed by atoms with Gasteiger partial charge in [-0.25, -0.2) is 4.98 Å². The third-order valence-corrected chi connectivity index (χ3v) is 8.02. The van der Waals surface area contributed by atoms with Gasteiger partial charge in [-0.1, -0.05) is 61.4 Å². The molecule has 1 aliphatic rings. The molecular weight excluding hydrogens is 512 g/mol. The average molecular weight is 553 g/mol. The standard InChI is InChI=1S/C33H40N6O2/c1-39-19-17-24(18-20-39)33(41)38-29(13-3-2-4-14-31(40)36-28-12-8-7-11-27(28)34)32-35-22-30(37-32)26-16-15-23-9-5-6-10-25(23)21-26/h5-12,15-16,21-22,24,29H,2-4,13-14,17-20,34H2,1H3,(H,35,37)(H,36,40)(H,38,41)/t29-/m0/s1. The lowest BCUT2D eigenvalue weighted by atomic mass is 9.95. The van der Waals surface area contributed by atoms with E-state index in [0.717, 1.165) is 68.7 Å². The van der Waals surface area contributed by atoms with Gasteiger partial charge in [0.25, 0.3) is 0 Å². The molecule has 0 spiro atoms. The lowest BCUT2D eigenvalue weighted by molar-refractivity contribution is -0.127. The molecule has 4 aromatic rings. The van der Waals surface area contributed by atoms with E-state index in [0.29, 0.717) is 17.8 Å². The summed E-state index contributed by atoms with van der Waals surface area (Å²) in [5.41, 5.74) is 9.14. The molecule has 8 heteroatoms. The van der Waals surface area contributed by atoms with Gasteiger partial charge in [0.05, 0.1) is 29.3 Å². The number of benzene rings is 3. The summed E-state index contributed by atoms with van der Waals surface area (Å²) in [5, 5.41) is 8.57. The number of amides is 2. The van der Waals surface area contributed by atoms with Crippen molar-refractivity contribution >= 4 is 34.0 Å². The number of aromatic amines is 1. The molecule has 5 N–H and O–H groups in total. The van der Waals surface area contributed by atoms with Gasteiger partial charge in [0.15, 0.2) is 0 Å². The fraction of sp³-hybridized carbons (Fsp3) is 0.364. The maximum Gasteiger partial charge on any atom is 0.224 e. The zero-order chi connectivity index (χ0) is 28.6. The van der Waals surface area contributed by atoms with Crippen molar-refractivity contribution in [2.75, 3.05) is 31.2 Å². The summed E-state index contributed by atoms with van der Waals surface area (Å²) in [6.45, 7) is 1.87. The zero-order valence-corrected chi connectivity index (χ0v) is 23.7. The second kappa shape index (κ2) is 13.5. The largest absolute Gasteiger partial charge is 0.397 e. The number of nitrogen functional groups attached to an aromatic ring is 1. The van der Waals surface area contributed by atoms with E-state index in [9.17, 15) is 9.59 Å². The van der Waals surface area contributed by atoms with Gasteiger partial charge < -0.3 is 26.3 Å². The number of piperidine rings is 1. The summed E-state index contributed by atoms with van der Waals surface area (Å²) in [5.74, 6) is 0.858. The van der Waals surface area contributed by atoms with Gasteiger partial charge in [-0.15, -0.1) is 0 Å². The van der Waals surface area contributed by atoms with Crippen LogP contribution in [0.15, 0.2) is 72.9 Å². The molecule has 1 atom stereocenters. The highest BCUT2D eigenvalue weighted by Crippen LogP contribution is 2.27. The van der Waals surface area contributed by atoms with Crippen molar-refractivity contribution in [3.05, 3.63) is 78.8 Å². The molecule has 2 heterocycles. The summed E-state index contributed by atoms with van der Waals surface area (Å²) >= 11 is 0. The Labute approximate surface area is 241 Å². The summed E-state index contributed by atoms with van der Waals surface area (Å²) in [4.78, 5) is 36.1. The zero-order valence-electron chi connectivity index (χ0n) is 23.7. The third-order valence-electron chi connectivity index (χ3n) is 8.02. The molecule has 1 aromatic heterocycles. The van der Waals surface area contributed by atoms with E-state index < -0.39 is 0 Å². The van der Waals surface area contributed by atoms with Crippen molar-refractivity contribution in [1.29, 1.82) is 0 Å². The maximum absolute atomic E-state index is 13.3. The van der Waals surface area contributed by atoms with Crippen LogP contribution in [0.25, 0.3) is 22.0 Å². The molecular formula is C33H40N6O2. The Balaban J connectivity index is 1.21. The molecule has 2 amide bonds. The lowest BCUT2D eigenvalue weighted by Crippen LogP contribution is -2.40. The minimum absolute atomic E-state index is 0.0257. The van der Waals surface area contributed by atoms with Crippen LogP contribution in [0.4, 0.5) is 11.4 Å². The fourth-order valence-electron chi connectivity index (χ4n) is 5.49. The van der Waals surface area contributed by atoms with Crippen molar-refractivity contribution in [2.24, 2.45) is 5.92 Å². The number of fused-ring (bicyclic) bond motifs is 1. The van der Waals surface area contributed by atoms with Gasteiger partial charge in [-0.3, -0.25) is 9.59 Å². The Morgan fingerprint density at radius 2 is 1.76 bits per heavy atom. The van der Waals surface area contributed by atoms with Crippen LogP contribution in [0.2, 0.25) is 0 Å². The molecule has 8 nitrogen and oxygen atoms in total. The smallest absolute Gasteiger partial charge is 0.224 e. The quantitative estimate of drug-likeness (QED) is 0.137. The number of para-hydroxylation sites is 2. The average Bonchev–Trinajstić information content (AvgIpc) is 3.48. The maximum atomic E-state index is 13.3. The number of hydrogen-bond acceptors (Lipinski definition) is 5. The van der Waals surface area contributed by atoms with E-state index in [4.69, 9.17) is 10.7 Å². The molecule has 1 saturated heterocycles. The highest BCUT2D eigenvalue weighted by atomic mass is 16.2. The molecule has 41 heavy (non-hydrogen) atoms. The number of nitrogens with two attached hydrogens (primary N) is 1. The minimum Gasteiger partial charge on any atom is -0.397 e. The van der Waals surface area contributed by atoms with E-state index in [1.807, 2.05) is 30.5 Å². The summed E-state index contributed by atoms with van der Waals surface area (Å²) in [6, 6.07) is 21.7. The number of anilines is 2. The first kappa shape index (κ1) is 28.4. The van der Waals surface area contributed by atoms with Crippen LogP contribution in [0, 0.1) is 5.92 Å². The predicted octanol–water partition coefficient (Wildman–Crippen LogP) is 5.90. The fourth-order valence-corrected chi connectivity index (χ4v) is 5.49. The predicted molar refractivity (Wildman–Crippen MR) is 165 cm³/mol. The van der Waals surface area contributed by atoms with E-state index in [1.165, 1.54) is 10.8 Å². The molecule has 0 unspecified atom stereocenters. The minimum atomic E-state index is -0.214. The number of unbranched alkanes of at least 4 members (excludes halogenated alkanes) is 2. The van der Waals surface area contributed by atoms with Gasteiger partial charge >= 0.3 is 0 Å². The number of imidazole rings is 1. The van der Waals surface area contributed by atoms with Gasteiger partial charge in [-0.05, 0) is 74.8 Å². The van der Waals surface area contributed by atoms with Crippen molar-refractivity contribution in [3.8, 4) is 11.3 Å². The first-order valence-electron chi connectivity index (χ1n) is 14.6. The van der Waals surface area contributed by atoms with Crippen LogP contribution in [-0.2, 0) is 9.59 Å². The summed E-state index contributed by atoms with van der Waals surface area (Å²) < 4.78 is 0. The van der Waals surface area contributed by atoms with Crippen molar-refractivity contribution in [1.82, 2.24) is 20.2 Å². The molecule has 0 radical (unpaired) electrons. The highest BCUT2D eigenvalue weighted by molar-refractivity contribution is 5.93.